The van der Waals surface area contributed by atoms with E-state index in [1.54, 1.807) is 20.9 Å². The fourth-order valence-electron chi connectivity index (χ4n) is 1.20. The Bertz CT molecular complexity index is 267. The monoisotopic (exact) mass is 216 g/mol. The van der Waals surface area contributed by atoms with Gasteiger partial charge in [0.05, 0.1) is 5.92 Å². The molecule has 1 saturated heterocycles. The van der Waals surface area contributed by atoms with Crippen LogP contribution < -0.4 is 0 Å². The van der Waals surface area contributed by atoms with E-state index in [2.05, 4.69) is 0 Å². The molecule has 2 amide bonds. The summed E-state index contributed by atoms with van der Waals surface area (Å²) < 4.78 is 4.97. The van der Waals surface area contributed by atoms with Crippen molar-refractivity contribution in [3.63, 3.8) is 0 Å². The molecule has 1 aliphatic heterocycles. The molecule has 0 saturated carbocycles. The van der Waals surface area contributed by atoms with Gasteiger partial charge in [-0.2, -0.15) is 5.06 Å². The number of carbonyl (C=O) groups excluding carboxylic acids is 2. The van der Waals surface area contributed by atoms with Crippen molar-refractivity contribution in [2.24, 2.45) is 5.92 Å². The summed E-state index contributed by atoms with van der Waals surface area (Å²) in [7, 11) is 1.58. The van der Waals surface area contributed by atoms with Gasteiger partial charge in [0.25, 0.3) is 0 Å². The zero-order valence-electron chi connectivity index (χ0n) is 9.14. The summed E-state index contributed by atoms with van der Waals surface area (Å²) in [5.41, 5.74) is 0. The van der Waals surface area contributed by atoms with Crippen molar-refractivity contribution in [3.05, 3.63) is 0 Å². The lowest BCUT2D eigenvalue weighted by molar-refractivity contribution is -0.206. The minimum Gasteiger partial charge on any atom is -0.439 e. The summed E-state index contributed by atoms with van der Waals surface area (Å²) in [6, 6.07) is -0.553. The highest BCUT2D eigenvalue weighted by atomic mass is 16.6. The molecule has 1 heterocycles. The highest BCUT2D eigenvalue weighted by molar-refractivity contribution is 5.75. The maximum absolute atomic E-state index is 11.3. The molecule has 0 aromatic heterocycles. The Morgan fingerprint density at radius 2 is 2.20 bits per heavy atom. The van der Waals surface area contributed by atoms with Gasteiger partial charge in [-0.25, -0.2) is 4.79 Å². The Hall–Kier alpha value is -1.30. The molecule has 6 heteroatoms. The Labute approximate surface area is 88.4 Å². The third-order valence-electron chi connectivity index (χ3n) is 2.23. The fourth-order valence-corrected chi connectivity index (χ4v) is 1.20. The largest absolute Gasteiger partial charge is 0.439 e. The fraction of sp³-hybridized carbons (Fsp3) is 0.778. The second kappa shape index (κ2) is 4.48. The van der Waals surface area contributed by atoms with E-state index < -0.39 is 18.2 Å². The van der Waals surface area contributed by atoms with Crippen LogP contribution in [0, 0.1) is 5.92 Å². The molecule has 0 spiro atoms. The zero-order valence-corrected chi connectivity index (χ0v) is 9.14. The molecule has 1 unspecified atom stereocenters. The highest BCUT2D eigenvalue weighted by Crippen LogP contribution is 2.15. The van der Waals surface area contributed by atoms with Crippen LogP contribution in [-0.4, -0.2) is 47.0 Å². The first-order valence-electron chi connectivity index (χ1n) is 4.87. The van der Waals surface area contributed by atoms with Crippen LogP contribution in [0.25, 0.3) is 0 Å². The zero-order chi connectivity index (χ0) is 11.6. The second-order valence-electron chi connectivity index (χ2n) is 3.88. The SMILES string of the molecule is CC(C)C(=O)OC1CCN(C)C(=O)N1O. The average Bonchev–Trinajstić information content (AvgIpc) is 2.18. The smallest absolute Gasteiger partial charge is 0.346 e. The van der Waals surface area contributed by atoms with Crippen molar-refractivity contribution in [2.75, 3.05) is 13.6 Å². The van der Waals surface area contributed by atoms with Crippen molar-refractivity contribution in [2.45, 2.75) is 26.5 Å². The van der Waals surface area contributed by atoms with E-state index in [0.717, 1.165) is 0 Å². The number of hydrogen-bond acceptors (Lipinski definition) is 4. The molecule has 0 aromatic carbocycles. The third kappa shape index (κ3) is 2.59. The first kappa shape index (κ1) is 11.8. The van der Waals surface area contributed by atoms with Crippen LogP contribution >= 0.6 is 0 Å². The van der Waals surface area contributed by atoms with Gasteiger partial charge >= 0.3 is 12.0 Å². The molecule has 1 fully saturated rings. The number of nitrogens with zero attached hydrogens (tertiary/aromatic N) is 2. The molecule has 1 aliphatic rings. The first-order chi connectivity index (χ1) is 6.93. The van der Waals surface area contributed by atoms with E-state index in [0.29, 0.717) is 18.0 Å². The lowest BCUT2D eigenvalue weighted by Gasteiger charge is -2.35. The molecule has 0 bridgehead atoms. The quantitative estimate of drug-likeness (QED) is 0.543. The van der Waals surface area contributed by atoms with Gasteiger partial charge in [0, 0.05) is 20.0 Å². The van der Waals surface area contributed by atoms with E-state index in [1.165, 1.54) is 4.90 Å². The maximum atomic E-state index is 11.3. The minimum absolute atomic E-state index is 0.270. The van der Waals surface area contributed by atoms with Gasteiger partial charge in [0.2, 0.25) is 6.23 Å². The van der Waals surface area contributed by atoms with Crippen molar-refractivity contribution in [1.82, 2.24) is 9.96 Å². The summed E-state index contributed by atoms with van der Waals surface area (Å²) in [5.74, 6) is -0.690. The number of amides is 2. The van der Waals surface area contributed by atoms with Gasteiger partial charge in [0.1, 0.15) is 0 Å². The minimum atomic E-state index is -0.858. The van der Waals surface area contributed by atoms with Crippen LogP contribution in [0.4, 0.5) is 4.79 Å². The molecule has 15 heavy (non-hydrogen) atoms. The number of rotatable bonds is 2. The van der Waals surface area contributed by atoms with Crippen molar-refractivity contribution < 1.29 is 19.5 Å². The van der Waals surface area contributed by atoms with Crippen LogP contribution in [0.5, 0.6) is 0 Å². The molecule has 86 valence electrons. The number of urea groups is 1. The van der Waals surface area contributed by atoms with Gasteiger partial charge < -0.3 is 9.64 Å². The Morgan fingerprint density at radius 1 is 1.60 bits per heavy atom. The van der Waals surface area contributed by atoms with Gasteiger partial charge in [-0.15, -0.1) is 0 Å². The molecule has 0 aromatic rings. The van der Waals surface area contributed by atoms with Gasteiger partial charge in [0.15, 0.2) is 0 Å². The molecule has 1 atom stereocenters. The van der Waals surface area contributed by atoms with E-state index in [-0.39, 0.29) is 5.92 Å². The molecule has 0 aliphatic carbocycles. The molecule has 1 N–H and O–H groups in total. The standard InChI is InChI=1S/C9H16N2O4/c1-6(2)8(12)15-7-4-5-10(3)9(13)11(7)14/h6-7,14H,4-5H2,1-3H3. The van der Waals surface area contributed by atoms with Crippen LogP contribution in [0.3, 0.4) is 0 Å². The Kier molecular flexibility index (Phi) is 3.52. The van der Waals surface area contributed by atoms with Crippen LogP contribution in [0.1, 0.15) is 20.3 Å². The van der Waals surface area contributed by atoms with Crippen molar-refractivity contribution in [3.8, 4) is 0 Å². The van der Waals surface area contributed by atoms with Crippen molar-refractivity contribution in [1.29, 1.82) is 0 Å². The Balaban J connectivity index is 2.57. The number of esters is 1. The predicted octanol–water partition coefficient (Wildman–Crippen LogP) is 0.658. The van der Waals surface area contributed by atoms with E-state index in [9.17, 15) is 14.8 Å². The van der Waals surface area contributed by atoms with Gasteiger partial charge in [-0.3, -0.25) is 10.0 Å². The van der Waals surface area contributed by atoms with E-state index in [1.807, 2.05) is 0 Å². The number of ether oxygens (including phenoxy) is 1. The second-order valence-corrected chi connectivity index (χ2v) is 3.88. The highest BCUT2D eigenvalue weighted by Gasteiger charge is 2.33. The first-order valence-corrected chi connectivity index (χ1v) is 4.87. The summed E-state index contributed by atoms with van der Waals surface area (Å²) in [6.07, 6.45) is -0.444. The van der Waals surface area contributed by atoms with Gasteiger partial charge in [-0.05, 0) is 0 Å². The molecular weight excluding hydrogens is 200 g/mol. The van der Waals surface area contributed by atoms with Crippen LogP contribution in [0.15, 0.2) is 0 Å². The van der Waals surface area contributed by atoms with Crippen LogP contribution in [0.2, 0.25) is 0 Å². The summed E-state index contributed by atoms with van der Waals surface area (Å²) in [6.45, 7) is 3.85. The summed E-state index contributed by atoms with van der Waals surface area (Å²) >= 11 is 0. The van der Waals surface area contributed by atoms with Crippen LogP contribution in [-0.2, 0) is 9.53 Å². The van der Waals surface area contributed by atoms with Crippen molar-refractivity contribution >= 4 is 12.0 Å². The molecule has 0 radical (unpaired) electrons. The third-order valence-corrected chi connectivity index (χ3v) is 2.23. The van der Waals surface area contributed by atoms with Gasteiger partial charge in [-0.1, -0.05) is 13.8 Å². The van der Waals surface area contributed by atoms with E-state index in [4.69, 9.17) is 4.74 Å². The topological polar surface area (TPSA) is 70.1 Å². The lowest BCUT2D eigenvalue weighted by Crippen LogP contribution is -2.53. The number of hydroxylamine groups is 2. The Morgan fingerprint density at radius 3 is 2.73 bits per heavy atom. The van der Waals surface area contributed by atoms with E-state index >= 15 is 0 Å². The maximum Gasteiger partial charge on any atom is 0.346 e. The number of hydrogen-bond donors (Lipinski definition) is 1. The summed E-state index contributed by atoms with van der Waals surface area (Å²) in [5, 5.41) is 9.87. The molecule has 1 rings (SSSR count). The molecular formula is C9H16N2O4. The molecule has 6 nitrogen and oxygen atoms in total. The summed E-state index contributed by atoms with van der Waals surface area (Å²) in [4.78, 5) is 23.9. The predicted molar refractivity (Wildman–Crippen MR) is 51.0 cm³/mol. The number of carbonyl (C=O) groups is 2. The average molecular weight is 216 g/mol. The lowest BCUT2D eigenvalue weighted by atomic mass is 10.2. The normalized spacial score (nSPS) is 22.2.